The first kappa shape index (κ1) is 22.3. The molecule has 0 saturated carbocycles. The Morgan fingerprint density at radius 1 is 1.03 bits per heavy atom. The van der Waals surface area contributed by atoms with Crippen LogP contribution < -0.4 is 4.74 Å². The molecule has 3 rings (SSSR count). The minimum atomic E-state index is -0.626. The minimum absolute atomic E-state index is 0.173. The molecule has 0 radical (unpaired) electrons. The molecule has 0 spiro atoms. The Bertz CT molecular complexity index is 859. The average Bonchev–Trinajstić information content (AvgIpc) is 2.82. The third-order valence-corrected chi connectivity index (χ3v) is 5.27. The molecule has 0 unspecified atom stereocenters. The van der Waals surface area contributed by atoms with E-state index < -0.39 is 5.97 Å². The highest BCUT2D eigenvalue weighted by Gasteiger charge is 2.23. The molecular weight excluding hydrogens is 396 g/mol. The monoisotopic (exact) mass is 424 g/mol. The molecule has 1 heterocycles. The van der Waals surface area contributed by atoms with E-state index in [1.54, 1.807) is 24.1 Å². The third-order valence-electron chi connectivity index (χ3n) is 5.27. The highest BCUT2D eigenvalue weighted by molar-refractivity contribution is 5.81. The number of nitrogens with zero attached hydrogens (tertiary/aromatic N) is 2. The molecule has 7 nitrogen and oxygen atoms in total. The van der Waals surface area contributed by atoms with Crippen LogP contribution in [-0.2, 0) is 25.6 Å². The van der Waals surface area contributed by atoms with Crippen LogP contribution in [-0.4, -0.2) is 56.4 Å². The fourth-order valence-electron chi connectivity index (χ4n) is 3.49. The summed E-state index contributed by atoms with van der Waals surface area (Å²) in [7, 11) is 1.59. The van der Waals surface area contributed by atoms with Gasteiger partial charge in [0, 0.05) is 13.1 Å². The van der Waals surface area contributed by atoms with Crippen molar-refractivity contribution in [3.63, 3.8) is 0 Å². The lowest BCUT2D eigenvalue weighted by atomic mass is 9.90. The number of piperidine rings is 1. The van der Waals surface area contributed by atoms with Gasteiger partial charge in [-0.3, -0.25) is 4.79 Å². The molecule has 0 bridgehead atoms. The van der Waals surface area contributed by atoms with Crippen LogP contribution in [0.5, 0.6) is 5.75 Å². The molecule has 1 fully saturated rings. The highest BCUT2D eigenvalue weighted by atomic mass is 16.7. The maximum Gasteiger partial charge on any atom is 0.347 e. The molecule has 31 heavy (non-hydrogen) atoms. The number of carbonyl (C=O) groups is 2. The first-order chi connectivity index (χ1) is 15.1. The molecule has 0 aromatic heterocycles. The Labute approximate surface area is 182 Å². The molecule has 1 amide bonds. The number of amides is 1. The summed E-state index contributed by atoms with van der Waals surface area (Å²) in [5, 5.41) is 3.73. The lowest BCUT2D eigenvalue weighted by molar-refractivity contribution is -0.156. The summed E-state index contributed by atoms with van der Waals surface area (Å²) in [6.07, 6.45) is 4.43. The maximum absolute atomic E-state index is 12.3. The summed E-state index contributed by atoms with van der Waals surface area (Å²) >= 11 is 0. The van der Waals surface area contributed by atoms with Crippen LogP contribution in [0.4, 0.5) is 0 Å². The summed E-state index contributed by atoms with van der Waals surface area (Å²) in [4.78, 5) is 30.8. The summed E-state index contributed by atoms with van der Waals surface area (Å²) in [6, 6.07) is 17.6. The van der Waals surface area contributed by atoms with E-state index in [9.17, 15) is 9.59 Å². The molecule has 2 aromatic carbocycles. The van der Waals surface area contributed by atoms with Crippen molar-refractivity contribution in [2.45, 2.75) is 19.3 Å². The summed E-state index contributed by atoms with van der Waals surface area (Å²) in [5.74, 6) is 0.519. The van der Waals surface area contributed by atoms with Crippen molar-refractivity contribution in [3.05, 3.63) is 65.7 Å². The minimum Gasteiger partial charge on any atom is -0.497 e. The van der Waals surface area contributed by atoms with Crippen molar-refractivity contribution in [1.29, 1.82) is 0 Å². The molecular formula is C24H28N2O5. The van der Waals surface area contributed by atoms with Gasteiger partial charge in [0.15, 0.2) is 6.61 Å². The van der Waals surface area contributed by atoms with Crippen LogP contribution >= 0.6 is 0 Å². The van der Waals surface area contributed by atoms with Crippen molar-refractivity contribution >= 4 is 18.1 Å². The first-order valence-corrected chi connectivity index (χ1v) is 10.4. The number of rotatable bonds is 9. The number of carbonyl (C=O) groups excluding carboxylic acids is 2. The molecule has 0 N–H and O–H groups in total. The van der Waals surface area contributed by atoms with Crippen molar-refractivity contribution in [3.8, 4) is 5.75 Å². The molecule has 7 heteroatoms. The lowest BCUT2D eigenvalue weighted by Gasteiger charge is -2.32. The van der Waals surface area contributed by atoms with Gasteiger partial charge in [0.25, 0.3) is 5.91 Å². The van der Waals surface area contributed by atoms with Gasteiger partial charge in [-0.25, -0.2) is 4.79 Å². The Kier molecular flexibility index (Phi) is 8.46. The third kappa shape index (κ3) is 7.44. The van der Waals surface area contributed by atoms with Crippen LogP contribution in [0.15, 0.2) is 59.8 Å². The van der Waals surface area contributed by atoms with Crippen LogP contribution in [0.25, 0.3) is 0 Å². The number of methoxy groups -OCH3 is 1. The van der Waals surface area contributed by atoms with E-state index >= 15 is 0 Å². The fraction of sp³-hybridized carbons (Fsp3) is 0.375. The van der Waals surface area contributed by atoms with Gasteiger partial charge in [-0.2, -0.15) is 0 Å². The van der Waals surface area contributed by atoms with Crippen molar-refractivity contribution in [2.24, 2.45) is 11.1 Å². The van der Waals surface area contributed by atoms with E-state index in [2.05, 4.69) is 29.4 Å². The van der Waals surface area contributed by atoms with Crippen LogP contribution in [0.1, 0.15) is 24.0 Å². The van der Waals surface area contributed by atoms with Gasteiger partial charge in [-0.1, -0.05) is 35.5 Å². The molecule has 1 saturated heterocycles. The van der Waals surface area contributed by atoms with E-state index in [1.807, 2.05) is 18.2 Å². The van der Waals surface area contributed by atoms with Crippen molar-refractivity contribution in [2.75, 3.05) is 33.4 Å². The molecule has 0 atom stereocenters. The van der Waals surface area contributed by atoms with E-state index in [4.69, 9.17) is 14.3 Å². The molecule has 2 aromatic rings. The zero-order valence-corrected chi connectivity index (χ0v) is 17.7. The molecule has 0 aliphatic carbocycles. The Morgan fingerprint density at radius 2 is 1.74 bits per heavy atom. The summed E-state index contributed by atoms with van der Waals surface area (Å²) in [6.45, 7) is 0.764. The largest absolute Gasteiger partial charge is 0.497 e. The van der Waals surface area contributed by atoms with E-state index in [1.165, 1.54) is 11.8 Å². The second-order valence-electron chi connectivity index (χ2n) is 7.46. The van der Waals surface area contributed by atoms with E-state index in [0.29, 0.717) is 19.0 Å². The van der Waals surface area contributed by atoms with Gasteiger partial charge in [-0.15, -0.1) is 0 Å². The maximum atomic E-state index is 12.3. The second kappa shape index (κ2) is 11.7. The number of likely N-dealkylation sites (tertiary alicyclic amines) is 1. The number of oxime groups is 1. The van der Waals surface area contributed by atoms with Gasteiger partial charge in [0.1, 0.15) is 5.75 Å². The number of esters is 1. The highest BCUT2D eigenvalue weighted by Crippen LogP contribution is 2.21. The summed E-state index contributed by atoms with van der Waals surface area (Å²) < 4.78 is 10.1. The van der Waals surface area contributed by atoms with Gasteiger partial charge in [0.2, 0.25) is 6.61 Å². The van der Waals surface area contributed by atoms with Crippen molar-refractivity contribution in [1.82, 2.24) is 4.90 Å². The lowest BCUT2D eigenvalue weighted by Crippen LogP contribution is -2.41. The first-order valence-electron chi connectivity index (χ1n) is 10.4. The predicted molar refractivity (Wildman–Crippen MR) is 117 cm³/mol. The van der Waals surface area contributed by atoms with Gasteiger partial charge in [0.05, 0.1) is 13.3 Å². The Morgan fingerprint density at radius 3 is 2.42 bits per heavy atom. The van der Waals surface area contributed by atoms with Gasteiger partial charge in [-0.05, 0) is 60.6 Å². The average molecular weight is 424 g/mol. The normalized spacial score (nSPS) is 14.4. The quantitative estimate of drug-likeness (QED) is 0.351. The van der Waals surface area contributed by atoms with Gasteiger partial charge >= 0.3 is 5.97 Å². The number of hydrogen-bond acceptors (Lipinski definition) is 6. The van der Waals surface area contributed by atoms with E-state index in [-0.39, 0.29) is 19.1 Å². The number of hydrogen-bond donors (Lipinski definition) is 0. The fourth-order valence-corrected chi connectivity index (χ4v) is 3.49. The van der Waals surface area contributed by atoms with Crippen LogP contribution in [0.3, 0.4) is 0 Å². The number of benzene rings is 2. The van der Waals surface area contributed by atoms with Gasteiger partial charge < -0.3 is 19.2 Å². The standard InChI is InChI=1S/C24H28N2O5/c1-29-22-9-7-21(8-10-22)16-25-31-18-24(28)30-17-23(27)26-13-11-20(12-14-26)15-19-5-3-2-4-6-19/h2-10,16,20H,11-15,17-18H2,1H3/b25-16-. The SMILES string of the molecule is COc1ccc(/C=N\OCC(=O)OCC(=O)N2CCC(Cc3ccccc3)CC2)cc1. The zero-order valence-electron chi connectivity index (χ0n) is 17.7. The number of ether oxygens (including phenoxy) is 2. The Balaban J connectivity index is 1.30. The summed E-state index contributed by atoms with van der Waals surface area (Å²) in [5.41, 5.74) is 2.14. The van der Waals surface area contributed by atoms with E-state index in [0.717, 1.165) is 30.6 Å². The van der Waals surface area contributed by atoms with Crippen LogP contribution in [0.2, 0.25) is 0 Å². The van der Waals surface area contributed by atoms with Crippen molar-refractivity contribution < 1.29 is 23.9 Å². The second-order valence-corrected chi connectivity index (χ2v) is 7.46. The predicted octanol–water partition coefficient (Wildman–Crippen LogP) is 3.07. The molecule has 1 aliphatic rings. The smallest absolute Gasteiger partial charge is 0.347 e. The molecule has 1 aliphatic heterocycles. The van der Waals surface area contributed by atoms with Crippen LogP contribution in [0, 0.1) is 5.92 Å². The topological polar surface area (TPSA) is 77.4 Å². The zero-order chi connectivity index (χ0) is 21.9. The molecule has 164 valence electrons. The Hall–Kier alpha value is -3.35.